The van der Waals surface area contributed by atoms with Gasteiger partial charge in [0.25, 0.3) is 0 Å². The van der Waals surface area contributed by atoms with Crippen molar-refractivity contribution in [1.29, 1.82) is 0 Å². The third-order valence-electron chi connectivity index (χ3n) is 2.83. The number of likely N-dealkylation sites (tertiary alicyclic amines) is 1. The van der Waals surface area contributed by atoms with Crippen LogP contribution in [0.1, 0.15) is 18.4 Å². The molecule has 2 rings (SSSR count). The predicted octanol–water partition coefficient (Wildman–Crippen LogP) is 2.13. The van der Waals surface area contributed by atoms with E-state index in [1.807, 2.05) is 0 Å². The Morgan fingerprint density at radius 2 is 2.06 bits per heavy atom. The summed E-state index contributed by atoms with van der Waals surface area (Å²) >= 11 is 0. The van der Waals surface area contributed by atoms with Gasteiger partial charge in [-0.1, -0.05) is 12.1 Å². The molecule has 1 saturated heterocycles. The molecular formula is C13H14FNO3. The summed E-state index contributed by atoms with van der Waals surface area (Å²) in [7, 11) is 0. The first-order valence-corrected chi connectivity index (χ1v) is 5.83. The number of ketones is 1. The number of amides is 1. The molecule has 0 radical (unpaired) electrons. The summed E-state index contributed by atoms with van der Waals surface area (Å²) in [6.45, 7) is 0.850. The molecule has 5 heteroatoms. The fourth-order valence-corrected chi connectivity index (χ4v) is 1.80. The first-order chi connectivity index (χ1) is 8.65. The lowest BCUT2D eigenvalue weighted by molar-refractivity contribution is -0.121. The minimum absolute atomic E-state index is 0.0427. The highest BCUT2D eigenvalue weighted by atomic mass is 19.1. The maximum Gasteiger partial charge on any atom is 0.410 e. The van der Waals surface area contributed by atoms with E-state index in [4.69, 9.17) is 4.74 Å². The summed E-state index contributed by atoms with van der Waals surface area (Å²) in [4.78, 5) is 24.2. The Bertz CT molecular complexity index is 451. The van der Waals surface area contributed by atoms with E-state index in [-0.39, 0.29) is 18.2 Å². The number of nitrogens with zero attached hydrogens (tertiary/aromatic N) is 1. The van der Waals surface area contributed by atoms with Gasteiger partial charge < -0.3 is 9.64 Å². The molecule has 0 unspecified atom stereocenters. The number of rotatable bonds is 2. The number of halogens is 1. The molecule has 1 aromatic rings. The molecule has 0 saturated carbocycles. The summed E-state index contributed by atoms with van der Waals surface area (Å²) in [5.74, 6) is -0.184. The minimum atomic E-state index is -0.452. The van der Waals surface area contributed by atoms with Gasteiger partial charge in [-0.15, -0.1) is 0 Å². The fourth-order valence-electron chi connectivity index (χ4n) is 1.80. The molecule has 96 valence electrons. The molecule has 0 aliphatic carbocycles. The van der Waals surface area contributed by atoms with Gasteiger partial charge in [-0.2, -0.15) is 0 Å². The van der Waals surface area contributed by atoms with E-state index in [9.17, 15) is 14.0 Å². The SMILES string of the molecule is O=C1CCN(C(=O)OCc2cccc(F)c2)CC1. The maximum atomic E-state index is 12.9. The van der Waals surface area contributed by atoms with Gasteiger partial charge in [0.15, 0.2) is 0 Å². The number of carbonyl (C=O) groups is 2. The maximum absolute atomic E-state index is 12.9. The Morgan fingerprint density at radius 3 is 2.72 bits per heavy atom. The molecule has 0 bridgehead atoms. The van der Waals surface area contributed by atoms with E-state index in [0.717, 1.165) is 0 Å². The summed E-state index contributed by atoms with van der Waals surface area (Å²) in [5.41, 5.74) is 0.608. The molecule has 0 atom stereocenters. The third-order valence-corrected chi connectivity index (χ3v) is 2.83. The van der Waals surface area contributed by atoms with Crippen LogP contribution in [0.25, 0.3) is 0 Å². The second kappa shape index (κ2) is 5.62. The van der Waals surface area contributed by atoms with E-state index < -0.39 is 6.09 Å². The van der Waals surface area contributed by atoms with Crippen LogP contribution in [-0.4, -0.2) is 29.9 Å². The highest BCUT2D eigenvalue weighted by molar-refractivity contribution is 5.81. The summed E-state index contributed by atoms with van der Waals surface area (Å²) in [6.07, 6.45) is 0.316. The second-order valence-corrected chi connectivity index (χ2v) is 4.21. The molecule has 1 aliphatic heterocycles. The van der Waals surface area contributed by atoms with Gasteiger partial charge in [0.1, 0.15) is 18.2 Å². The fraction of sp³-hybridized carbons (Fsp3) is 0.385. The molecule has 18 heavy (non-hydrogen) atoms. The number of benzene rings is 1. The van der Waals surface area contributed by atoms with Crippen LogP contribution in [0.4, 0.5) is 9.18 Å². The largest absolute Gasteiger partial charge is 0.445 e. The average molecular weight is 251 g/mol. The highest BCUT2D eigenvalue weighted by Crippen LogP contribution is 2.10. The Kier molecular flexibility index (Phi) is 3.92. The van der Waals surface area contributed by atoms with Crippen molar-refractivity contribution in [2.45, 2.75) is 19.4 Å². The molecule has 1 aromatic carbocycles. The summed E-state index contributed by atoms with van der Waals surface area (Å²) < 4.78 is 18.0. The first-order valence-electron chi connectivity index (χ1n) is 5.83. The smallest absolute Gasteiger partial charge is 0.410 e. The first kappa shape index (κ1) is 12.5. The topological polar surface area (TPSA) is 46.6 Å². The van der Waals surface area contributed by atoms with Crippen molar-refractivity contribution in [3.8, 4) is 0 Å². The van der Waals surface area contributed by atoms with Crippen LogP contribution in [0, 0.1) is 5.82 Å². The van der Waals surface area contributed by atoms with Crippen molar-refractivity contribution in [3.05, 3.63) is 35.6 Å². The normalized spacial score (nSPS) is 15.6. The molecular weight excluding hydrogens is 237 g/mol. The average Bonchev–Trinajstić information content (AvgIpc) is 2.37. The Labute approximate surface area is 104 Å². The summed E-state index contributed by atoms with van der Waals surface area (Å²) in [6, 6.07) is 5.92. The lowest BCUT2D eigenvalue weighted by Crippen LogP contribution is -2.38. The molecule has 1 aliphatic rings. The lowest BCUT2D eigenvalue weighted by Gasteiger charge is -2.25. The van der Waals surface area contributed by atoms with Gasteiger partial charge in [-0.25, -0.2) is 9.18 Å². The van der Waals surface area contributed by atoms with Crippen molar-refractivity contribution in [2.24, 2.45) is 0 Å². The van der Waals surface area contributed by atoms with Crippen molar-refractivity contribution < 1.29 is 18.7 Å². The van der Waals surface area contributed by atoms with Crippen LogP contribution in [0.5, 0.6) is 0 Å². The number of piperidine rings is 1. The zero-order valence-corrected chi connectivity index (χ0v) is 9.89. The Balaban J connectivity index is 1.83. The molecule has 0 aromatic heterocycles. The van der Waals surface area contributed by atoms with Crippen LogP contribution in [0.3, 0.4) is 0 Å². The third kappa shape index (κ3) is 3.29. The minimum Gasteiger partial charge on any atom is -0.445 e. The molecule has 0 N–H and O–H groups in total. The highest BCUT2D eigenvalue weighted by Gasteiger charge is 2.21. The number of Topliss-reactive ketones (excluding diaryl/α,β-unsaturated/α-hetero) is 1. The van der Waals surface area contributed by atoms with Gasteiger partial charge in [0, 0.05) is 25.9 Å². The van der Waals surface area contributed by atoms with Gasteiger partial charge in [-0.05, 0) is 17.7 Å². The van der Waals surface area contributed by atoms with E-state index in [0.29, 0.717) is 31.5 Å². The molecule has 1 amide bonds. The second-order valence-electron chi connectivity index (χ2n) is 4.21. The van der Waals surface area contributed by atoms with Crippen LogP contribution < -0.4 is 0 Å². The van der Waals surface area contributed by atoms with Crippen LogP contribution in [0.15, 0.2) is 24.3 Å². The zero-order valence-electron chi connectivity index (χ0n) is 9.89. The van der Waals surface area contributed by atoms with Gasteiger partial charge in [0.2, 0.25) is 0 Å². The van der Waals surface area contributed by atoms with Gasteiger partial charge in [-0.3, -0.25) is 4.79 Å². The van der Waals surface area contributed by atoms with Crippen molar-refractivity contribution in [3.63, 3.8) is 0 Å². The number of hydrogen-bond acceptors (Lipinski definition) is 3. The van der Waals surface area contributed by atoms with Crippen LogP contribution in [-0.2, 0) is 16.1 Å². The molecule has 1 heterocycles. The lowest BCUT2D eigenvalue weighted by atomic mass is 10.1. The monoisotopic (exact) mass is 251 g/mol. The van der Waals surface area contributed by atoms with Crippen LogP contribution in [0.2, 0.25) is 0 Å². The number of hydrogen-bond donors (Lipinski definition) is 0. The molecule has 4 nitrogen and oxygen atoms in total. The van der Waals surface area contributed by atoms with E-state index in [2.05, 4.69) is 0 Å². The Hall–Kier alpha value is -1.91. The van der Waals surface area contributed by atoms with Crippen LogP contribution >= 0.6 is 0 Å². The van der Waals surface area contributed by atoms with E-state index in [1.165, 1.54) is 17.0 Å². The van der Waals surface area contributed by atoms with Crippen molar-refractivity contribution in [1.82, 2.24) is 4.90 Å². The van der Waals surface area contributed by atoms with Crippen molar-refractivity contribution >= 4 is 11.9 Å². The predicted molar refractivity (Wildman–Crippen MR) is 62.4 cm³/mol. The Morgan fingerprint density at radius 1 is 1.33 bits per heavy atom. The van der Waals surface area contributed by atoms with E-state index >= 15 is 0 Å². The standard InChI is InChI=1S/C13H14FNO3/c14-11-3-1-2-10(8-11)9-18-13(17)15-6-4-12(16)5-7-15/h1-3,8H,4-7,9H2. The number of ether oxygens (including phenoxy) is 1. The number of carbonyl (C=O) groups excluding carboxylic acids is 2. The van der Waals surface area contributed by atoms with Crippen molar-refractivity contribution in [2.75, 3.05) is 13.1 Å². The summed E-state index contributed by atoms with van der Waals surface area (Å²) in [5, 5.41) is 0. The molecule has 1 fully saturated rings. The quantitative estimate of drug-likeness (QED) is 0.809. The van der Waals surface area contributed by atoms with Gasteiger partial charge in [0.05, 0.1) is 0 Å². The van der Waals surface area contributed by atoms with E-state index in [1.54, 1.807) is 12.1 Å². The van der Waals surface area contributed by atoms with Gasteiger partial charge >= 0.3 is 6.09 Å². The molecule has 0 spiro atoms. The zero-order chi connectivity index (χ0) is 13.0.